The molecule has 0 aliphatic heterocycles. The van der Waals surface area contributed by atoms with Crippen LogP contribution in [0.1, 0.15) is 5.56 Å². The summed E-state index contributed by atoms with van der Waals surface area (Å²) >= 11 is 0. The van der Waals surface area contributed by atoms with Crippen LogP contribution in [0.4, 0.5) is 4.39 Å². The second kappa shape index (κ2) is 3.45. The summed E-state index contributed by atoms with van der Waals surface area (Å²) in [5.74, 6) is -0.319. The van der Waals surface area contributed by atoms with Gasteiger partial charge in [-0.05, 0) is 6.07 Å². The maximum absolute atomic E-state index is 13.2. The maximum Gasteiger partial charge on any atom is 0.343 e. The van der Waals surface area contributed by atoms with Gasteiger partial charge in [-0.25, -0.2) is 14.3 Å². The Kier molecular flexibility index (Phi) is 2.14. The fourth-order valence-corrected chi connectivity index (χ4v) is 1.19. The molecule has 0 atom stereocenters. The van der Waals surface area contributed by atoms with Crippen LogP contribution in [0.2, 0.25) is 0 Å². The smallest absolute Gasteiger partial charge is 0.277 e. The van der Waals surface area contributed by atoms with Gasteiger partial charge in [-0.2, -0.15) is 5.10 Å². The summed E-state index contributed by atoms with van der Waals surface area (Å²) in [7, 11) is 0. The van der Waals surface area contributed by atoms with Gasteiger partial charge in [-0.1, -0.05) is 18.2 Å². The van der Waals surface area contributed by atoms with Gasteiger partial charge in [-0.3, -0.25) is 4.57 Å². The largest absolute Gasteiger partial charge is 0.343 e. The first kappa shape index (κ1) is 8.68. The summed E-state index contributed by atoms with van der Waals surface area (Å²) in [4.78, 5) is 11.1. The molecule has 0 spiro atoms. The van der Waals surface area contributed by atoms with E-state index in [-0.39, 0.29) is 18.1 Å². The van der Waals surface area contributed by atoms with E-state index >= 15 is 0 Å². The lowest BCUT2D eigenvalue weighted by Crippen LogP contribution is -2.17. The Labute approximate surface area is 79.0 Å². The molecule has 72 valence electrons. The number of rotatable bonds is 2. The molecule has 0 radical (unpaired) electrons. The lowest BCUT2D eigenvalue weighted by atomic mass is 10.2. The molecule has 0 saturated carbocycles. The number of nitrogens with one attached hydrogen (secondary N) is 1. The van der Waals surface area contributed by atoms with E-state index in [0.717, 1.165) is 0 Å². The molecule has 14 heavy (non-hydrogen) atoms. The lowest BCUT2D eigenvalue weighted by Gasteiger charge is -2.01. The first-order chi connectivity index (χ1) is 6.77. The van der Waals surface area contributed by atoms with Crippen molar-refractivity contribution < 1.29 is 4.39 Å². The first-order valence-corrected chi connectivity index (χ1v) is 4.10. The number of aromatic nitrogens is 3. The Balaban J connectivity index is 2.32. The van der Waals surface area contributed by atoms with Crippen LogP contribution in [0.15, 0.2) is 35.4 Å². The van der Waals surface area contributed by atoms with Gasteiger partial charge < -0.3 is 0 Å². The van der Waals surface area contributed by atoms with Crippen molar-refractivity contribution in [3.05, 3.63) is 52.5 Å². The zero-order chi connectivity index (χ0) is 9.97. The fraction of sp³-hybridized carbons (Fsp3) is 0.111. The Hall–Kier alpha value is -1.91. The molecule has 1 aromatic heterocycles. The van der Waals surface area contributed by atoms with Crippen LogP contribution in [0.25, 0.3) is 0 Å². The molecule has 2 aromatic rings. The summed E-state index contributed by atoms with van der Waals surface area (Å²) in [6.45, 7) is 0.196. The minimum atomic E-state index is -0.340. The van der Waals surface area contributed by atoms with E-state index in [4.69, 9.17) is 0 Å². The molecule has 0 unspecified atom stereocenters. The molecule has 0 aliphatic rings. The Bertz CT molecular complexity index is 489. The van der Waals surface area contributed by atoms with E-state index in [1.807, 2.05) is 0 Å². The molecule has 1 N–H and O–H groups in total. The third-order valence-corrected chi connectivity index (χ3v) is 1.92. The second-order valence-electron chi connectivity index (χ2n) is 2.88. The highest BCUT2D eigenvalue weighted by Crippen LogP contribution is 2.06. The standard InChI is InChI=1S/C9H8FN3O/c10-8-4-2-1-3-7(8)5-13-6-11-12-9(13)14/h1-4,6H,5H2,(H,12,14). The van der Waals surface area contributed by atoms with Gasteiger partial charge in [-0.15, -0.1) is 0 Å². The van der Waals surface area contributed by atoms with Crippen LogP contribution in [0.5, 0.6) is 0 Å². The van der Waals surface area contributed by atoms with E-state index in [9.17, 15) is 9.18 Å². The van der Waals surface area contributed by atoms with Crippen LogP contribution in [-0.2, 0) is 6.54 Å². The van der Waals surface area contributed by atoms with Crippen molar-refractivity contribution in [2.75, 3.05) is 0 Å². The van der Waals surface area contributed by atoms with Gasteiger partial charge in [0.1, 0.15) is 12.1 Å². The van der Waals surface area contributed by atoms with Crippen molar-refractivity contribution in [2.45, 2.75) is 6.54 Å². The number of nitrogens with zero attached hydrogens (tertiary/aromatic N) is 2. The lowest BCUT2D eigenvalue weighted by molar-refractivity contribution is 0.596. The number of aromatic amines is 1. The molecule has 4 nitrogen and oxygen atoms in total. The van der Waals surface area contributed by atoms with Gasteiger partial charge in [0, 0.05) is 5.56 Å². The minimum absolute atomic E-state index is 0.196. The van der Waals surface area contributed by atoms with E-state index in [1.54, 1.807) is 18.2 Å². The molecular formula is C9H8FN3O. The summed E-state index contributed by atoms with van der Waals surface area (Å²) < 4.78 is 14.5. The number of hydrogen-bond donors (Lipinski definition) is 1. The molecule has 0 aliphatic carbocycles. The van der Waals surface area contributed by atoms with Crippen molar-refractivity contribution in [3.63, 3.8) is 0 Å². The predicted molar refractivity (Wildman–Crippen MR) is 48.3 cm³/mol. The zero-order valence-corrected chi connectivity index (χ0v) is 7.27. The molecule has 1 aromatic carbocycles. The van der Waals surface area contributed by atoms with E-state index < -0.39 is 0 Å². The number of H-pyrrole nitrogens is 1. The predicted octanol–water partition coefficient (Wildman–Crippen LogP) is 0.759. The Morgan fingerprint density at radius 2 is 2.21 bits per heavy atom. The average molecular weight is 193 g/mol. The van der Waals surface area contributed by atoms with E-state index in [2.05, 4.69) is 10.2 Å². The zero-order valence-electron chi connectivity index (χ0n) is 7.27. The van der Waals surface area contributed by atoms with Gasteiger partial charge in [0.05, 0.1) is 6.54 Å². The fourth-order valence-electron chi connectivity index (χ4n) is 1.19. The SMILES string of the molecule is O=c1[nH]ncn1Cc1ccccc1F. The van der Waals surface area contributed by atoms with Gasteiger partial charge >= 0.3 is 5.69 Å². The molecule has 5 heteroatoms. The van der Waals surface area contributed by atoms with Crippen LogP contribution >= 0.6 is 0 Å². The molecule has 0 fully saturated rings. The number of halogens is 1. The topological polar surface area (TPSA) is 50.7 Å². The van der Waals surface area contributed by atoms with E-state index in [1.165, 1.54) is 17.0 Å². The van der Waals surface area contributed by atoms with Crippen molar-refractivity contribution in [1.82, 2.24) is 14.8 Å². The summed E-state index contributed by atoms with van der Waals surface area (Å²) in [5, 5.41) is 5.79. The van der Waals surface area contributed by atoms with Crippen molar-refractivity contribution >= 4 is 0 Å². The van der Waals surface area contributed by atoms with E-state index in [0.29, 0.717) is 5.56 Å². The number of hydrogen-bond acceptors (Lipinski definition) is 2. The third kappa shape index (κ3) is 1.56. The average Bonchev–Trinajstić information content (AvgIpc) is 2.56. The maximum atomic E-state index is 13.2. The normalized spacial score (nSPS) is 10.4. The van der Waals surface area contributed by atoms with Crippen molar-refractivity contribution in [3.8, 4) is 0 Å². The Morgan fingerprint density at radius 3 is 2.86 bits per heavy atom. The Morgan fingerprint density at radius 1 is 1.43 bits per heavy atom. The van der Waals surface area contributed by atoms with Crippen molar-refractivity contribution in [2.24, 2.45) is 0 Å². The summed E-state index contributed by atoms with van der Waals surface area (Å²) in [6, 6.07) is 6.33. The highest BCUT2D eigenvalue weighted by molar-refractivity contribution is 5.17. The highest BCUT2D eigenvalue weighted by Gasteiger charge is 2.03. The summed E-state index contributed by atoms with van der Waals surface area (Å²) in [5.41, 5.74) is 0.129. The first-order valence-electron chi connectivity index (χ1n) is 4.10. The minimum Gasteiger partial charge on any atom is -0.277 e. The molecule has 0 saturated heterocycles. The van der Waals surface area contributed by atoms with Gasteiger partial charge in [0.2, 0.25) is 0 Å². The second-order valence-corrected chi connectivity index (χ2v) is 2.88. The van der Waals surface area contributed by atoms with Gasteiger partial charge in [0.25, 0.3) is 0 Å². The molecule has 0 amide bonds. The molecular weight excluding hydrogens is 185 g/mol. The van der Waals surface area contributed by atoms with Crippen LogP contribution < -0.4 is 5.69 Å². The van der Waals surface area contributed by atoms with Crippen molar-refractivity contribution in [1.29, 1.82) is 0 Å². The van der Waals surface area contributed by atoms with Gasteiger partial charge in [0.15, 0.2) is 0 Å². The monoisotopic (exact) mass is 193 g/mol. The summed E-state index contributed by atoms with van der Waals surface area (Å²) in [6.07, 6.45) is 1.34. The molecule has 1 heterocycles. The molecule has 0 bridgehead atoms. The van der Waals surface area contributed by atoms with Crippen LogP contribution in [0, 0.1) is 5.82 Å². The number of benzene rings is 1. The quantitative estimate of drug-likeness (QED) is 0.765. The third-order valence-electron chi connectivity index (χ3n) is 1.92. The molecule has 2 rings (SSSR count). The van der Waals surface area contributed by atoms with Crippen LogP contribution in [0.3, 0.4) is 0 Å². The highest BCUT2D eigenvalue weighted by atomic mass is 19.1. The van der Waals surface area contributed by atoms with Crippen LogP contribution in [-0.4, -0.2) is 14.8 Å².